The molecular weight excluding hydrogens is 278 g/mol. The largest absolute Gasteiger partial charge is 0.340 e. The quantitative estimate of drug-likeness (QED) is 0.806. The van der Waals surface area contributed by atoms with Crippen LogP contribution in [0, 0.1) is 5.92 Å². The number of rotatable bonds is 4. The standard InChI is InChI=1S/C16H27N5O/c1-14-12-18(6-11-21-5-3-4-17-21)13-16(14)20-9-7-19(8-10-20)15(2)22/h3-5,14,16H,6-13H2,1-2H3/t14-,16+/m1/s1. The second-order valence-electron chi connectivity index (χ2n) is 6.62. The van der Waals surface area contributed by atoms with Crippen LogP contribution in [0.3, 0.4) is 0 Å². The van der Waals surface area contributed by atoms with E-state index >= 15 is 0 Å². The van der Waals surface area contributed by atoms with Crippen molar-refractivity contribution in [2.24, 2.45) is 5.92 Å². The van der Waals surface area contributed by atoms with Gasteiger partial charge in [0.15, 0.2) is 0 Å². The van der Waals surface area contributed by atoms with Gasteiger partial charge in [-0.2, -0.15) is 5.10 Å². The lowest BCUT2D eigenvalue weighted by molar-refractivity contribution is -0.130. The predicted molar refractivity (Wildman–Crippen MR) is 85.4 cm³/mol. The minimum Gasteiger partial charge on any atom is -0.340 e. The van der Waals surface area contributed by atoms with Gasteiger partial charge in [0.2, 0.25) is 5.91 Å². The Labute approximate surface area is 132 Å². The first-order valence-corrected chi connectivity index (χ1v) is 8.33. The molecule has 1 amide bonds. The first-order chi connectivity index (χ1) is 10.6. The topological polar surface area (TPSA) is 44.6 Å². The number of aromatic nitrogens is 2. The molecular formula is C16H27N5O. The van der Waals surface area contributed by atoms with E-state index in [0.29, 0.717) is 12.0 Å². The molecule has 3 heterocycles. The van der Waals surface area contributed by atoms with Crippen LogP contribution in [-0.2, 0) is 11.3 Å². The van der Waals surface area contributed by atoms with E-state index in [1.807, 2.05) is 28.0 Å². The van der Waals surface area contributed by atoms with Crippen molar-refractivity contribution in [2.75, 3.05) is 45.8 Å². The summed E-state index contributed by atoms with van der Waals surface area (Å²) in [7, 11) is 0. The highest BCUT2D eigenvalue weighted by atomic mass is 16.2. The van der Waals surface area contributed by atoms with E-state index in [-0.39, 0.29) is 5.91 Å². The maximum absolute atomic E-state index is 11.4. The van der Waals surface area contributed by atoms with Gasteiger partial charge in [-0.1, -0.05) is 6.92 Å². The fourth-order valence-corrected chi connectivity index (χ4v) is 3.75. The SMILES string of the molecule is CC(=O)N1CCN([C@H]2CN(CCn3cccn3)C[C@H]2C)CC1. The molecule has 2 fully saturated rings. The van der Waals surface area contributed by atoms with Crippen molar-refractivity contribution in [1.29, 1.82) is 0 Å². The summed E-state index contributed by atoms with van der Waals surface area (Å²) in [5.41, 5.74) is 0. The number of hydrogen-bond donors (Lipinski definition) is 0. The molecule has 0 saturated carbocycles. The molecule has 2 atom stereocenters. The normalized spacial score (nSPS) is 27.5. The number of nitrogens with zero attached hydrogens (tertiary/aromatic N) is 5. The van der Waals surface area contributed by atoms with Gasteiger partial charge in [0, 0.05) is 71.2 Å². The van der Waals surface area contributed by atoms with E-state index in [9.17, 15) is 4.79 Å². The molecule has 6 heteroatoms. The number of piperazine rings is 1. The Morgan fingerprint density at radius 2 is 1.95 bits per heavy atom. The summed E-state index contributed by atoms with van der Waals surface area (Å²) in [6, 6.07) is 2.61. The molecule has 2 aliphatic heterocycles. The minimum atomic E-state index is 0.208. The van der Waals surface area contributed by atoms with Crippen LogP contribution in [0.15, 0.2) is 18.5 Å². The van der Waals surface area contributed by atoms with Crippen LogP contribution >= 0.6 is 0 Å². The van der Waals surface area contributed by atoms with Crippen LogP contribution in [0.2, 0.25) is 0 Å². The van der Waals surface area contributed by atoms with Gasteiger partial charge < -0.3 is 4.90 Å². The van der Waals surface area contributed by atoms with Crippen molar-refractivity contribution in [3.8, 4) is 0 Å². The summed E-state index contributed by atoms with van der Waals surface area (Å²) in [6.45, 7) is 12.2. The summed E-state index contributed by atoms with van der Waals surface area (Å²) in [5, 5.41) is 4.27. The van der Waals surface area contributed by atoms with Crippen molar-refractivity contribution in [3.63, 3.8) is 0 Å². The van der Waals surface area contributed by atoms with Gasteiger partial charge in [0.1, 0.15) is 0 Å². The molecule has 0 unspecified atom stereocenters. The Kier molecular flexibility index (Phi) is 4.78. The highest BCUT2D eigenvalue weighted by Crippen LogP contribution is 2.23. The second kappa shape index (κ2) is 6.79. The third kappa shape index (κ3) is 3.50. The average molecular weight is 305 g/mol. The van der Waals surface area contributed by atoms with Crippen LogP contribution in [0.4, 0.5) is 0 Å². The molecule has 2 aliphatic rings. The highest BCUT2D eigenvalue weighted by Gasteiger charge is 2.35. The zero-order chi connectivity index (χ0) is 15.5. The van der Waals surface area contributed by atoms with Crippen molar-refractivity contribution < 1.29 is 4.79 Å². The first-order valence-electron chi connectivity index (χ1n) is 8.33. The van der Waals surface area contributed by atoms with Crippen molar-refractivity contribution in [1.82, 2.24) is 24.5 Å². The fraction of sp³-hybridized carbons (Fsp3) is 0.750. The lowest BCUT2D eigenvalue weighted by atomic mass is 10.0. The van der Waals surface area contributed by atoms with Crippen LogP contribution in [0.1, 0.15) is 13.8 Å². The number of hydrogen-bond acceptors (Lipinski definition) is 4. The van der Waals surface area contributed by atoms with Gasteiger partial charge in [0.25, 0.3) is 0 Å². The van der Waals surface area contributed by atoms with Gasteiger partial charge in [-0.3, -0.25) is 19.3 Å². The third-order valence-electron chi connectivity index (χ3n) is 5.08. The Morgan fingerprint density at radius 1 is 1.18 bits per heavy atom. The smallest absolute Gasteiger partial charge is 0.219 e. The monoisotopic (exact) mass is 305 g/mol. The molecule has 22 heavy (non-hydrogen) atoms. The van der Waals surface area contributed by atoms with Crippen LogP contribution in [0.5, 0.6) is 0 Å². The minimum absolute atomic E-state index is 0.208. The summed E-state index contributed by atoms with van der Waals surface area (Å²) in [6.07, 6.45) is 3.86. The first kappa shape index (κ1) is 15.5. The van der Waals surface area contributed by atoms with Crippen LogP contribution in [-0.4, -0.2) is 82.2 Å². The van der Waals surface area contributed by atoms with Crippen molar-refractivity contribution in [2.45, 2.75) is 26.4 Å². The zero-order valence-corrected chi connectivity index (χ0v) is 13.7. The number of likely N-dealkylation sites (tertiary alicyclic amines) is 1. The molecule has 0 aliphatic carbocycles. The van der Waals surface area contributed by atoms with E-state index in [1.165, 1.54) is 6.54 Å². The molecule has 3 rings (SSSR count). The molecule has 122 valence electrons. The Morgan fingerprint density at radius 3 is 2.59 bits per heavy atom. The maximum atomic E-state index is 11.4. The Balaban J connectivity index is 1.48. The van der Waals surface area contributed by atoms with Crippen LogP contribution in [0.25, 0.3) is 0 Å². The maximum Gasteiger partial charge on any atom is 0.219 e. The number of amides is 1. The zero-order valence-electron chi connectivity index (χ0n) is 13.7. The summed E-state index contributed by atoms with van der Waals surface area (Å²) in [5.74, 6) is 0.904. The number of carbonyl (C=O) groups is 1. The van der Waals surface area contributed by atoms with Gasteiger partial charge in [0.05, 0.1) is 6.54 Å². The third-order valence-corrected chi connectivity index (χ3v) is 5.08. The van der Waals surface area contributed by atoms with Gasteiger partial charge in [-0.25, -0.2) is 0 Å². The predicted octanol–water partition coefficient (Wildman–Crippen LogP) is 0.368. The molecule has 2 saturated heterocycles. The lowest BCUT2D eigenvalue weighted by Crippen LogP contribution is -2.53. The summed E-state index contributed by atoms with van der Waals surface area (Å²) < 4.78 is 2.00. The highest BCUT2D eigenvalue weighted by molar-refractivity contribution is 5.73. The Hall–Kier alpha value is -1.40. The lowest BCUT2D eigenvalue weighted by Gasteiger charge is -2.39. The molecule has 0 radical (unpaired) electrons. The van der Waals surface area contributed by atoms with E-state index in [1.54, 1.807) is 6.92 Å². The van der Waals surface area contributed by atoms with Crippen LogP contribution < -0.4 is 0 Å². The van der Waals surface area contributed by atoms with Crippen molar-refractivity contribution >= 4 is 5.91 Å². The van der Waals surface area contributed by atoms with E-state index in [2.05, 4.69) is 21.8 Å². The summed E-state index contributed by atoms with van der Waals surface area (Å²) >= 11 is 0. The van der Waals surface area contributed by atoms with E-state index in [4.69, 9.17) is 0 Å². The van der Waals surface area contributed by atoms with Gasteiger partial charge in [-0.05, 0) is 12.0 Å². The molecule has 1 aromatic heterocycles. The van der Waals surface area contributed by atoms with E-state index < -0.39 is 0 Å². The molecule has 0 N–H and O–H groups in total. The molecule has 6 nitrogen and oxygen atoms in total. The van der Waals surface area contributed by atoms with Gasteiger partial charge in [-0.15, -0.1) is 0 Å². The van der Waals surface area contributed by atoms with Crippen molar-refractivity contribution in [3.05, 3.63) is 18.5 Å². The molecule has 0 spiro atoms. The van der Waals surface area contributed by atoms with Gasteiger partial charge >= 0.3 is 0 Å². The molecule has 0 bridgehead atoms. The molecule has 0 aromatic carbocycles. The summed E-state index contributed by atoms with van der Waals surface area (Å²) in [4.78, 5) is 18.5. The Bertz CT molecular complexity index is 481. The second-order valence-corrected chi connectivity index (χ2v) is 6.62. The van der Waals surface area contributed by atoms with E-state index in [0.717, 1.165) is 45.8 Å². The molecule has 1 aromatic rings. The number of carbonyl (C=O) groups excluding carboxylic acids is 1. The average Bonchev–Trinajstić information content (AvgIpc) is 3.14. The fourth-order valence-electron chi connectivity index (χ4n) is 3.75.